The van der Waals surface area contributed by atoms with E-state index in [4.69, 9.17) is 10.7 Å². The quantitative estimate of drug-likeness (QED) is 0.844. The molecule has 21 heavy (non-hydrogen) atoms. The fourth-order valence-corrected chi connectivity index (χ4v) is 4.40. The molecule has 116 valence electrons. The van der Waals surface area contributed by atoms with Crippen LogP contribution in [0, 0.1) is 26.7 Å². The Balaban J connectivity index is 2.31. The zero-order chi connectivity index (χ0) is 15.8. The molecule has 0 saturated heterocycles. The molecule has 1 amide bonds. The molecule has 1 aliphatic carbocycles. The third-order valence-corrected chi connectivity index (χ3v) is 5.49. The minimum atomic E-state index is -3.87. The highest BCUT2D eigenvalue weighted by atomic mass is 35.7. The van der Waals surface area contributed by atoms with Gasteiger partial charge in [-0.15, -0.1) is 0 Å². The van der Waals surface area contributed by atoms with Crippen molar-refractivity contribution in [1.29, 1.82) is 0 Å². The molecule has 0 radical (unpaired) electrons. The molecular weight excluding hydrogens is 310 g/mol. The van der Waals surface area contributed by atoms with Gasteiger partial charge < -0.3 is 5.32 Å². The lowest BCUT2D eigenvalue weighted by Gasteiger charge is -2.15. The monoisotopic (exact) mass is 329 g/mol. The molecule has 6 heteroatoms. The number of aryl methyl sites for hydroxylation is 2. The van der Waals surface area contributed by atoms with Gasteiger partial charge in [0.25, 0.3) is 15.0 Å². The summed E-state index contributed by atoms with van der Waals surface area (Å²) < 4.78 is 23.4. The van der Waals surface area contributed by atoms with Crippen molar-refractivity contribution in [3.8, 4) is 0 Å². The fraction of sp³-hybridized carbons (Fsp3) is 0.533. The van der Waals surface area contributed by atoms with E-state index < -0.39 is 9.05 Å². The number of hydrogen-bond donors (Lipinski definition) is 1. The summed E-state index contributed by atoms with van der Waals surface area (Å²) in [5.74, 6) is 0.511. The minimum Gasteiger partial charge on any atom is -0.352 e. The van der Waals surface area contributed by atoms with Crippen molar-refractivity contribution >= 4 is 25.6 Å². The number of nitrogens with one attached hydrogen (secondary N) is 1. The van der Waals surface area contributed by atoms with E-state index in [9.17, 15) is 13.2 Å². The van der Waals surface area contributed by atoms with Crippen LogP contribution in [0.2, 0.25) is 0 Å². The van der Waals surface area contributed by atoms with Crippen molar-refractivity contribution < 1.29 is 13.2 Å². The second-order valence-corrected chi connectivity index (χ2v) is 8.27. The van der Waals surface area contributed by atoms with E-state index in [-0.39, 0.29) is 10.8 Å². The maximum Gasteiger partial charge on any atom is 0.261 e. The van der Waals surface area contributed by atoms with Gasteiger partial charge in [0, 0.05) is 22.8 Å². The van der Waals surface area contributed by atoms with E-state index in [1.54, 1.807) is 26.8 Å². The van der Waals surface area contributed by atoms with Crippen LogP contribution >= 0.6 is 10.7 Å². The van der Waals surface area contributed by atoms with Gasteiger partial charge in [-0.25, -0.2) is 8.42 Å². The molecule has 0 aromatic heterocycles. The van der Waals surface area contributed by atoms with Crippen molar-refractivity contribution in [1.82, 2.24) is 5.32 Å². The second kappa shape index (κ2) is 5.97. The normalized spacial score (nSPS) is 15.0. The van der Waals surface area contributed by atoms with Gasteiger partial charge in [0.1, 0.15) is 0 Å². The molecule has 4 nitrogen and oxygen atoms in total. The molecule has 1 fully saturated rings. The highest BCUT2D eigenvalue weighted by molar-refractivity contribution is 8.13. The fourth-order valence-electron chi connectivity index (χ4n) is 2.78. The first kappa shape index (κ1) is 16.3. The number of rotatable bonds is 5. The van der Waals surface area contributed by atoms with Crippen molar-refractivity contribution in [2.75, 3.05) is 6.54 Å². The number of amides is 1. The standard InChI is InChI=1S/C15H20ClNO3S/c1-9-8-10(2)14(21(16,19)20)11(3)13(9)15(18)17-7-6-12-4-5-12/h8,12H,4-7H2,1-3H3,(H,17,18). The maximum absolute atomic E-state index is 12.3. The molecule has 1 aromatic carbocycles. The van der Waals surface area contributed by atoms with Gasteiger partial charge in [0.2, 0.25) is 0 Å². The van der Waals surface area contributed by atoms with Gasteiger partial charge in [0.15, 0.2) is 0 Å². The van der Waals surface area contributed by atoms with Gasteiger partial charge in [-0.05, 0) is 49.8 Å². The average molecular weight is 330 g/mol. The van der Waals surface area contributed by atoms with Crippen LogP contribution in [0.1, 0.15) is 46.3 Å². The summed E-state index contributed by atoms with van der Waals surface area (Å²) in [6.07, 6.45) is 3.47. The van der Waals surface area contributed by atoms with Crippen LogP contribution in [0.4, 0.5) is 0 Å². The summed E-state index contributed by atoms with van der Waals surface area (Å²) in [5.41, 5.74) is 2.16. The SMILES string of the molecule is Cc1cc(C)c(S(=O)(=O)Cl)c(C)c1C(=O)NCCC1CC1. The second-order valence-electron chi connectivity index (χ2n) is 5.77. The van der Waals surface area contributed by atoms with E-state index in [0.29, 0.717) is 23.2 Å². The van der Waals surface area contributed by atoms with Crippen molar-refractivity contribution in [2.45, 2.75) is 44.9 Å². The third kappa shape index (κ3) is 3.77. The van der Waals surface area contributed by atoms with Crippen LogP contribution < -0.4 is 5.32 Å². The van der Waals surface area contributed by atoms with E-state index in [0.717, 1.165) is 17.9 Å². The predicted molar refractivity (Wildman–Crippen MR) is 83.4 cm³/mol. The number of hydrogen-bond acceptors (Lipinski definition) is 3. The molecule has 1 saturated carbocycles. The lowest BCUT2D eigenvalue weighted by atomic mass is 9.99. The molecule has 1 aliphatic rings. The maximum atomic E-state index is 12.3. The molecule has 0 bridgehead atoms. The minimum absolute atomic E-state index is 0.0436. The highest BCUT2D eigenvalue weighted by Crippen LogP contribution is 2.32. The molecule has 2 rings (SSSR count). The van der Waals surface area contributed by atoms with E-state index >= 15 is 0 Å². The summed E-state index contributed by atoms with van der Waals surface area (Å²) >= 11 is 0. The molecule has 0 atom stereocenters. The summed E-state index contributed by atoms with van der Waals surface area (Å²) in [5, 5.41) is 2.87. The number of carbonyl (C=O) groups is 1. The Hall–Kier alpha value is -1.07. The zero-order valence-electron chi connectivity index (χ0n) is 12.5. The van der Waals surface area contributed by atoms with E-state index in [2.05, 4.69) is 5.32 Å². The smallest absolute Gasteiger partial charge is 0.261 e. The van der Waals surface area contributed by atoms with Gasteiger partial charge in [0.05, 0.1) is 4.90 Å². The average Bonchev–Trinajstić information content (AvgIpc) is 3.09. The lowest BCUT2D eigenvalue weighted by Crippen LogP contribution is -2.27. The first-order valence-corrected chi connectivity index (χ1v) is 9.36. The Labute approximate surface area is 130 Å². The van der Waals surface area contributed by atoms with Crippen molar-refractivity contribution in [3.05, 3.63) is 28.3 Å². The first-order valence-electron chi connectivity index (χ1n) is 7.05. The third-order valence-electron chi connectivity index (χ3n) is 3.91. The van der Waals surface area contributed by atoms with E-state index in [1.807, 2.05) is 0 Å². The van der Waals surface area contributed by atoms with Crippen LogP contribution in [0.15, 0.2) is 11.0 Å². The molecule has 0 unspecified atom stereocenters. The highest BCUT2D eigenvalue weighted by Gasteiger charge is 2.24. The first-order chi connectivity index (χ1) is 9.71. The van der Waals surface area contributed by atoms with Crippen molar-refractivity contribution in [2.24, 2.45) is 5.92 Å². The number of carbonyl (C=O) groups excluding carboxylic acids is 1. The van der Waals surface area contributed by atoms with Gasteiger partial charge in [-0.1, -0.05) is 18.9 Å². The number of halogens is 1. The molecule has 1 aromatic rings. The molecule has 1 N–H and O–H groups in total. The van der Waals surface area contributed by atoms with Crippen LogP contribution in [0.5, 0.6) is 0 Å². The summed E-state index contributed by atoms with van der Waals surface area (Å²) in [4.78, 5) is 12.4. The van der Waals surface area contributed by atoms with E-state index in [1.165, 1.54) is 12.8 Å². The summed E-state index contributed by atoms with van der Waals surface area (Å²) in [7, 11) is 1.62. The Morgan fingerprint density at radius 1 is 1.29 bits per heavy atom. The Bertz CT molecular complexity index is 679. The Morgan fingerprint density at radius 3 is 2.43 bits per heavy atom. The lowest BCUT2D eigenvalue weighted by molar-refractivity contribution is 0.0951. The van der Waals surface area contributed by atoms with Gasteiger partial charge >= 0.3 is 0 Å². The topological polar surface area (TPSA) is 63.2 Å². The summed E-state index contributed by atoms with van der Waals surface area (Å²) in [6.45, 7) is 5.74. The van der Waals surface area contributed by atoms with Crippen LogP contribution in [0.3, 0.4) is 0 Å². The molecule has 0 heterocycles. The van der Waals surface area contributed by atoms with Crippen LogP contribution in [-0.4, -0.2) is 20.9 Å². The van der Waals surface area contributed by atoms with Crippen LogP contribution in [-0.2, 0) is 9.05 Å². The summed E-state index contributed by atoms with van der Waals surface area (Å²) in [6, 6.07) is 1.69. The number of benzene rings is 1. The van der Waals surface area contributed by atoms with Gasteiger partial charge in [-0.2, -0.15) is 0 Å². The Kier molecular flexibility index (Phi) is 4.63. The van der Waals surface area contributed by atoms with Gasteiger partial charge in [-0.3, -0.25) is 4.79 Å². The van der Waals surface area contributed by atoms with Crippen molar-refractivity contribution in [3.63, 3.8) is 0 Å². The Morgan fingerprint density at radius 2 is 1.90 bits per heavy atom. The zero-order valence-corrected chi connectivity index (χ0v) is 14.1. The molecule has 0 aliphatic heterocycles. The van der Waals surface area contributed by atoms with Crippen LogP contribution in [0.25, 0.3) is 0 Å². The molecular formula is C15H20ClNO3S. The molecule has 0 spiro atoms. The predicted octanol–water partition coefficient (Wildman–Crippen LogP) is 3.07. The largest absolute Gasteiger partial charge is 0.352 e.